The Morgan fingerprint density at radius 2 is 1.58 bits per heavy atom. The second-order valence-electron chi connectivity index (χ2n) is 4.30. The summed E-state index contributed by atoms with van der Waals surface area (Å²) in [6, 6.07) is 17.4. The molecule has 3 nitrogen and oxygen atoms in total. The summed E-state index contributed by atoms with van der Waals surface area (Å²) in [5.74, 6) is 0.694. The van der Waals surface area contributed by atoms with E-state index >= 15 is 0 Å². The van der Waals surface area contributed by atoms with Crippen LogP contribution in [-0.2, 0) is 6.61 Å². The monoisotopic (exact) mass is 251 g/mol. The Morgan fingerprint density at radius 3 is 2.37 bits per heavy atom. The molecule has 2 aromatic carbocycles. The zero-order valence-corrected chi connectivity index (χ0v) is 10.3. The number of aromatic nitrogens is 1. The van der Waals surface area contributed by atoms with E-state index in [0.29, 0.717) is 17.7 Å². The number of hydrogen-bond acceptors (Lipinski definition) is 2. The molecule has 0 saturated carbocycles. The molecule has 0 bridgehead atoms. The molecule has 0 radical (unpaired) electrons. The number of fused-ring (bicyclic) bond motifs is 1. The number of benzene rings is 2. The fraction of sp³-hybridized carbons (Fsp3) is 0.0625. The van der Waals surface area contributed by atoms with E-state index in [0.717, 1.165) is 10.9 Å². The maximum absolute atomic E-state index is 11.7. The number of H-pyrrole nitrogens is 1. The molecule has 0 fully saturated rings. The maximum Gasteiger partial charge on any atom is 0.256 e. The minimum Gasteiger partial charge on any atom is -0.487 e. The average Bonchev–Trinajstić information content (AvgIpc) is 2.48. The van der Waals surface area contributed by atoms with E-state index < -0.39 is 0 Å². The van der Waals surface area contributed by atoms with Gasteiger partial charge < -0.3 is 9.72 Å². The van der Waals surface area contributed by atoms with Crippen LogP contribution in [0.2, 0.25) is 0 Å². The third-order valence-corrected chi connectivity index (χ3v) is 3.01. The molecule has 19 heavy (non-hydrogen) atoms. The Kier molecular flexibility index (Phi) is 3.02. The van der Waals surface area contributed by atoms with E-state index in [-0.39, 0.29) is 5.56 Å². The van der Waals surface area contributed by atoms with Crippen molar-refractivity contribution in [2.75, 3.05) is 0 Å². The number of hydrogen-bond donors (Lipinski definition) is 1. The topological polar surface area (TPSA) is 42.1 Å². The second kappa shape index (κ2) is 4.98. The second-order valence-corrected chi connectivity index (χ2v) is 4.30. The third kappa shape index (κ3) is 2.36. The lowest BCUT2D eigenvalue weighted by atomic mass is 10.1. The molecule has 3 aromatic rings. The quantitative estimate of drug-likeness (QED) is 0.777. The number of rotatable bonds is 3. The van der Waals surface area contributed by atoms with Gasteiger partial charge in [0.1, 0.15) is 12.4 Å². The van der Waals surface area contributed by atoms with Crippen LogP contribution in [0.15, 0.2) is 65.6 Å². The van der Waals surface area contributed by atoms with Gasteiger partial charge >= 0.3 is 0 Å². The van der Waals surface area contributed by atoms with Crippen LogP contribution in [0.25, 0.3) is 10.8 Å². The number of nitrogens with one attached hydrogen (secondary N) is 1. The van der Waals surface area contributed by atoms with Crippen LogP contribution in [0.3, 0.4) is 0 Å². The van der Waals surface area contributed by atoms with Gasteiger partial charge in [0.25, 0.3) is 5.56 Å². The van der Waals surface area contributed by atoms with Crippen molar-refractivity contribution in [2.45, 2.75) is 6.61 Å². The van der Waals surface area contributed by atoms with E-state index in [1.807, 2.05) is 48.5 Å². The summed E-state index contributed by atoms with van der Waals surface area (Å²) in [5, 5.41) is 1.48. The summed E-state index contributed by atoms with van der Waals surface area (Å²) in [6.45, 7) is 0.483. The van der Waals surface area contributed by atoms with Gasteiger partial charge in [0.2, 0.25) is 0 Å². The largest absolute Gasteiger partial charge is 0.487 e. The van der Waals surface area contributed by atoms with Gasteiger partial charge in [-0.2, -0.15) is 0 Å². The molecule has 3 heteroatoms. The van der Waals surface area contributed by atoms with Gasteiger partial charge in [-0.05, 0) is 11.6 Å². The predicted molar refractivity (Wildman–Crippen MR) is 75.3 cm³/mol. The molecule has 1 heterocycles. The minimum atomic E-state index is -0.0948. The van der Waals surface area contributed by atoms with Crippen LogP contribution < -0.4 is 10.3 Å². The van der Waals surface area contributed by atoms with Crippen molar-refractivity contribution in [3.8, 4) is 5.75 Å². The van der Waals surface area contributed by atoms with Crippen molar-refractivity contribution in [3.63, 3.8) is 0 Å². The fourth-order valence-electron chi connectivity index (χ4n) is 2.04. The highest BCUT2D eigenvalue weighted by atomic mass is 16.5. The van der Waals surface area contributed by atoms with Crippen LogP contribution in [0.1, 0.15) is 5.56 Å². The summed E-state index contributed by atoms with van der Waals surface area (Å²) in [5.41, 5.74) is 1.00. The van der Waals surface area contributed by atoms with Gasteiger partial charge in [0.05, 0.1) is 5.39 Å². The molecule has 0 aliphatic carbocycles. The van der Waals surface area contributed by atoms with E-state index in [2.05, 4.69) is 4.98 Å². The molecule has 0 unspecified atom stereocenters. The molecular formula is C16H13NO2. The summed E-state index contributed by atoms with van der Waals surface area (Å²) >= 11 is 0. The summed E-state index contributed by atoms with van der Waals surface area (Å²) in [6.07, 6.45) is 1.62. The minimum absolute atomic E-state index is 0.0948. The number of ether oxygens (including phenoxy) is 1. The Balaban J connectivity index is 1.94. The first kappa shape index (κ1) is 11.5. The molecule has 3 rings (SSSR count). The van der Waals surface area contributed by atoms with Crippen molar-refractivity contribution in [3.05, 3.63) is 76.7 Å². The Bertz CT molecular complexity index is 747. The van der Waals surface area contributed by atoms with Crippen molar-refractivity contribution in [2.24, 2.45) is 0 Å². The molecule has 1 aromatic heterocycles. The summed E-state index contributed by atoms with van der Waals surface area (Å²) in [4.78, 5) is 14.4. The number of pyridine rings is 1. The van der Waals surface area contributed by atoms with Crippen molar-refractivity contribution < 1.29 is 4.74 Å². The summed E-state index contributed by atoms with van der Waals surface area (Å²) < 4.78 is 5.79. The van der Waals surface area contributed by atoms with Gasteiger partial charge in [0, 0.05) is 11.6 Å². The first-order valence-electron chi connectivity index (χ1n) is 6.12. The van der Waals surface area contributed by atoms with Crippen LogP contribution in [-0.4, -0.2) is 4.98 Å². The van der Waals surface area contributed by atoms with Crippen LogP contribution in [0.4, 0.5) is 0 Å². The fourth-order valence-corrected chi connectivity index (χ4v) is 2.04. The van der Waals surface area contributed by atoms with Gasteiger partial charge in [-0.1, -0.05) is 48.5 Å². The lowest BCUT2D eigenvalue weighted by molar-refractivity contribution is 0.309. The highest BCUT2D eigenvalue weighted by Crippen LogP contribution is 2.22. The zero-order chi connectivity index (χ0) is 13.1. The van der Waals surface area contributed by atoms with Gasteiger partial charge in [-0.15, -0.1) is 0 Å². The lowest BCUT2D eigenvalue weighted by Crippen LogP contribution is -2.06. The molecule has 0 spiro atoms. The van der Waals surface area contributed by atoms with Crippen molar-refractivity contribution in [1.29, 1.82) is 0 Å². The van der Waals surface area contributed by atoms with Gasteiger partial charge in [0.15, 0.2) is 0 Å². The number of aromatic amines is 1. The Labute approximate surface area is 110 Å². The van der Waals surface area contributed by atoms with Gasteiger partial charge in [-0.25, -0.2) is 0 Å². The normalized spacial score (nSPS) is 10.5. The SMILES string of the molecule is O=c1[nH]cc(OCc2ccccc2)c2ccccc12. The third-order valence-electron chi connectivity index (χ3n) is 3.01. The van der Waals surface area contributed by atoms with Gasteiger partial charge in [-0.3, -0.25) is 4.79 Å². The Hall–Kier alpha value is -2.55. The van der Waals surface area contributed by atoms with Crippen molar-refractivity contribution in [1.82, 2.24) is 4.98 Å². The molecule has 1 N–H and O–H groups in total. The van der Waals surface area contributed by atoms with E-state index in [9.17, 15) is 4.79 Å². The van der Waals surface area contributed by atoms with E-state index in [1.54, 1.807) is 12.3 Å². The highest BCUT2D eigenvalue weighted by molar-refractivity contribution is 5.86. The molecule has 0 aliphatic heterocycles. The Morgan fingerprint density at radius 1 is 0.895 bits per heavy atom. The van der Waals surface area contributed by atoms with Crippen LogP contribution in [0.5, 0.6) is 5.75 Å². The first-order valence-corrected chi connectivity index (χ1v) is 6.12. The van der Waals surface area contributed by atoms with E-state index in [1.165, 1.54) is 0 Å². The molecule has 0 atom stereocenters. The highest BCUT2D eigenvalue weighted by Gasteiger charge is 2.04. The summed E-state index contributed by atoms with van der Waals surface area (Å²) in [7, 11) is 0. The maximum atomic E-state index is 11.7. The molecule has 0 saturated heterocycles. The average molecular weight is 251 g/mol. The predicted octanol–water partition coefficient (Wildman–Crippen LogP) is 3.11. The van der Waals surface area contributed by atoms with Crippen molar-refractivity contribution >= 4 is 10.8 Å². The molecule has 94 valence electrons. The molecular weight excluding hydrogens is 238 g/mol. The smallest absolute Gasteiger partial charge is 0.256 e. The zero-order valence-electron chi connectivity index (χ0n) is 10.3. The molecule has 0 aliphatic rings. The van der Waals surface area contributed by atoms with Crippen LogP contribution in [0, 0.1) is 0 Å². The molecule has 0 amide bonds. The van der Waals surface area contributed by atoms with E-state index in [4.69, 9.17) is 4.74 Å². The van der Waals surface area contributed by atoms with Crippen LogP contribution >= 0.6 is 0 Å². The lowest BCUT2D eigenvalue weighted by Gasteiger charge is -2.08. The first-order chi connectivity index (χ1) is 9.34. The standard InChI is InChI=1S/C16H13NO2/c18-16-14-9-5-4-8-13(14)15(10-17-16)19-11-12-6-2-1-3-7-12/h1-10H,11H2,(H,17,18).